The Labute approximate surface area is 139 Å². The van der Waals surface area contributed by atoms with Crippen molar-refractivity contribution in [1.29, 1.82) is 0 Å². The van der Waals surface area contributed by atoms with Crippen LogP contribution >= 0.6 is 0 Å². The molecule has 0 heterocycles. The molecule has 6 fully saturated rings. The average Bonchev–Trinajstić information content (AvgIpc) is 3.33. The van der Waals surface area contributed by atoms with Crippen LogP contribution in [0.25, 0.3) is 0 Å². The third-order valence-corrected chi connectivity index (χ3v) is 10.6. The molecule has 0 amide bonds. The molecule has 6 saturated carbocycles. The number of allylic oxidation sites excluding steroid dienone is 2. The molecule has 7 aliphatic carbocycles. The Morgan fingerprint density at radius 1 is 0.696 bits per heavy atom. The molecular formula is C22H30O. The van der Waals surface area contributed by atoms with Gasteiger partial charge < -0.3 is 5.11 Å². The molecule has 14 unspecified atom stereocenters. The quantitative estimate of drug-likeness (QED) is 0.576. The summed E-state index contributed by atoms with van der Waals surface area (Å²) in [5.41, 5.74) is 0. The smallest absolute Gasteiger partial charge is 0.0462 e. The SMILES string of the molecule is CC1CC(CO)C2C3CC(C12)C1C2CC(C4C5C=CC(C5)C24)C31. The lowest BCUT2D eigenvalue weighted by molar-refractivity contribution is -0.0105. The summed E-state index contributed by atoms with van der Waals surface area (Å²) < 4.78 is 0. The van der Waals surface area contributed by atoms with Crippen molar-refractivity contribution in [2.75, 3.05) is 6.61 Å². The van der Waals surface area contributed by atoms with Gasteiger partial charge in [-0.05, 0) is 109 Å². The highest BCUT2D eigenvalue weighted by Gasteiger charge is 2.74. The van der Waals surface area contributed by atoms with E-state index in [1.807, 2.05) is 0 Å². The van der Waals surface area contributed by atoms with E-state index < -0.39 is 0 Å². The molecule has 0 radical (unpaired) electrons. The molecule has 124 valence electrons. The highest BCUT2D eigenvalue weighted by Crippen LogP contribution is 2.79. The Hall–Kier alpha value is -0.300. The van der Waals surface area contributed by atoms with E-state index in [0.29, 0.717) is 12.5 Å². The molecule has 0 aliphatic heterocycles. The predicted octanol–water partition coefficient (Wildman–Crippen LogP) is 3.84. The molecule has 6 bridgehead atoms. The number of aliphatic hydroxyl groups is 1. The van der Waals surface area contributed by atoms with Crippen LogP contribution in [-0.2, 0) is 0 Å². The first-order chi connectivity index (χ1) is 11.3. The molecule has 1 heteroatoms. The van der Waals surface area contributed by atoms with Gasteiger partial charge in [0.2, 0.25) is 0 Å². The van der Waals surface area contributed by atoms with Gasteiger partial charge in [0.25, 0.3) is 0 Å². The molecule has 0 aromatic carbocycles. The second kappa shape index (κ2) is 3.92. The van der Waals surface area contributed by atoms with E-state index in [0.717, 1.165) is 76.9 Å². The van der Waals surface area contributed by atoms with E-state index in [1.165, 1.54) is 12.8 Å². The van der Waals surface area contributed by atoms with Crippen LogP contribution in [0.2, 0.25) is 0 Å². The monoisotopic (exact) mass is 310 g/mol. The minimum Gasteiger partial charge on any atom is -0.396 e. The first-order valence-corrected chi connectivity index (χ1v) is 10.6. The molecule has 0 saturated heterocycles. The number of hydrogen-bond donors (Lipinski definition) is 1. The second-order valence-electron chi connectivity index (χ2n) is 10.7. The van der Waals surface area contributed by atoms with Crippen LogP contribution in [0.4, 0.5) is 0 Å². The predicted molar refractivity (Wildman–Crippen MR) is 89.2 cm³/mol. The third kappa shape index (κ3) is 1.23. The summed E-state index contributed by atoms with van der Waals surface area (Å²) >= 11 is 0. The van der Waals surface area contributed by atoms with Crippen molar-refractivity contribution in [2.24, 2.45) is 82.9 Å². The zero-order valence-corrected chi connectivity index (χ0v) is 14.2. The van der Waals surface area contributed by atoms with Gasteiger partial charge in [-0.1, -0.05) is 19.1 Å². The average molecular weight is 310 g/mol. The summed E-state index contributed by atoms with van der Waals surface area (Å²) in [5, 5.41) is 9.96. The highest BCUT2D eigenvalue weighted by molar-refractivity contribution is 5.26. The van der Waals surface area contributed by atoms with Crippen LogP contribution in [0.15, 0.2) is 12.2 Å². The summed E-state index contributed by atoms with van der Waals surface area (Å²) in [5.74, 6) is 14.0. The third-order valence-electron chi connectivity index (χ3n) is 10.6. The van der Waals surface area contributed by atoms with Gasteiger partial charge in [0, 0.05) is 6.61 Å². The number of rotatable bonds is 1. The van der Waals surface area contributed by atoms with Crippen LogP contribution in [0.5, 0.6) is 0 Å². The lowest BCUT2D eigenvalue weighted by Crippen LogP contribution is -2.45. The fourth-order valence-corrected chi connectivity index (χ4v) is 10.8. The maximum absolute atomic E-state index is 9.96. The minimum atomic E-state index is 0.472. The Balaban J connectivity index is 1.30. The van der Waals surface area contributed by atoms with Crippen molar-refractivity contribution in [1.82, 2.24) is 0 Å². The van der Waals surface area contributed by atoms with E-state index in [4.69, 9.17) is 0 Å². The molecule has 1 N–H and O–H groups in total. The van der Waals surface area contributed by atoms with Crippen molar-refractivity contribution in [3.05, 3.63) is 12.2 Å². The zero-order chi connectivity index (χ0) is 15.0. The Morgan fingerprint density at radius 3 is 1.87 bits per heavy atom. The lowest BCUT2D eigenvalue weighted by Gasteiger charge is -2.48. The first kappa shape index (κ1) is 13.0. The van der Waals surface area contributed by atoms with Crippen molar-refractivity contribution in [2.45, 2.75) is 32.6 Å². The minimum absolute atomic E-state index is 0.472. The molecular weight excluding hydrogens is 280 g/mol. The van der Waals surface area contributed by atoms with Gasteiger partial charge in [-0.3, -0.25) is 0 Å². The number of aliphatic hydroxyl groups excluding tert-OH is 1. The normalized spacial score (nSPS) is 72.1. The lowest BCUT2D eigenvalue weighted by atomic mass is 9.56. The van der Waals surface area contributed by atoms with Crippen molar-refractivity contribution in [3.8, 4) is 0 Å². The molecule has 0 aromatic heterocycles. The maximum Gasteiger partial charge on any atom is 0.0462 e. The fourth-order valence-electron chi connectivity index (χ4n) is 10.8. The summed E-state index contributed by atoms with van der Waals surface area (Å²) in [7, 11) is 0. The Morgan fingerprint density at radius 2 is 1.26 bits per heavy atom. The van der Waals surface area contributed by atoms with Crippen LogP contribution in [-0.4, -0.2) is 11.7 Å². The van der Waals surface area contributed by atoms with E-state index in [9.17, 15) is 5.11 Å². The summed E-state index contributed by atoms with van der Waals surface area (Å²) in [6, 6.07) is 0. The van der Waals surface area contributed by atoms with Crippen molar-refractivity contribution < 1.29 is 5.11 Å². The van der Waals surface area contributed by atoms with Gasteiger partial charge >= 0.3 is 0 Å². The Kier molecular flexibility index (Phi) is 2.21. The largest absolute Gasteiger partial charge is 0.396 e. The zero-order valence-electron chi connectivity index (χ0n) is 14.2. The standard InChI is InChI=1S/C22H30O/c1-9-4-12(8-23)20-16-6-13(17(9)20)21-14-7-15(22(16)21)19-11-3-2-10(5-11)18(14)19/h2-3,9-23H,4-8H2,1H3. The summed E-state index contributed by atoms with van der Waals surface area (Å²) in [6.45, 7) is 2.99. The van der Waals surface area contributed by atoms with Gasteiger partial charge in [0.15, 0.2) is 0 Å². The molecule has 0 aromatic rings. The topological polar surface area (TPSA) is 20.2 Å². The molecule has 7 rings (SSSR count). The van der Waals surface area contributed by atoms with Gasteiger partial charge in [-0.2, -0.15) is 0 Å². The van der Waals surface area contributed by atoms with Crippen LogP contribution in [0.1, 0.15) is 32.6 Å². The van der Waals surface area contributed by atoms with E-state index >= 15 is 0 Å². The van der Waals surface area contributed by atoms with Gasteiger partial charge in [0.1, 0.15) is 0 Å². The highest BCUT2D eigenvalue weighted by atomic mass is 16.3. The van der Waals surface area contributed by atoms with E-state index in [2.05, 4.69) is 19.1 Å². The molecule has 23 heavy (non-hydrogen) atoms. The van der Waals surface area contributed by atoms with Crippen LogP contribution < -0.4 is 0 Å². The van der Waals surface area contributed by atoms with Gasteiger partial charge in [0.05, 0.1) is 0 Å². The van der Waals surface area contributed by atoms with E-state index in [-0.39, 0.29) is 0 Å². The molecule has 0 spiro atoms. The van der Waals surface area contributed by atoms with Gasteiger partial charge in [-0.15, -0.1) is 0 Å². The molecule has 1 nitrogen and oxygen atoms in total. The van der Waals surface area contributed by atoms with E-state index in [1.54, 1.807) is 12.8 Å². The van der Waals surface area contributed by atoms with Crippen LogP contribution in [0.3, 0.4) is 0 Å². The second-order valence-corrected chi connectivity index (χ2v) is 10.7. The van der Waals surface area contributed by atoms with Crippen LogP contribution in [0, 0.1) is 82.9 Å². The summed E-state index contributed by atoms with van der Waals surface area (Å²) in [4.78, 5) is 0. The number of hydrogen-bond acceptors (Lipinski definition) is 1. The molecule has 7 aliphatic rings. The number of fused-ring (bicyclic) bond motifs is 19. The van der Waals surface area contributed by atoms with Crippen molar-refractivity contribution in [3.63, 3.8) is 0 Å². The fraction of sp³-hybridized carbons (Fsp3) is 0.909. The first-order valence-electron chi connectivity index (χ1n) is 10.6. The van der Waals surface area contributed by atoms with Crippen molar-refractivity contribution >= 4 is 0 Å². The molecule has 14 atom stereocenters. The maximum atomic E-state index is 9.96. The summed E-state index contributed by atoms with van der Waals surface area (Å²) in [6.07, 6.45) is 11.2. The Bertz CT molecular complexity index is 595. The van der Waals surface area contributed by atoms with Gasteiger partial charge in [-0.25, -0.2) is 0 Å².